The van der Waals surface area contributed by atoms with Gasteiger partial charge in [-0.2, -0.15) is 0 Å². The maximum Gasteiger partial charge on any atom is 0.500 e. The van der Waals surface area contributed by atoms with Gasteiger partial charge in [0.15, 0.2) is 0 Å². The fraction of sp³-hybridized carbons (Fsp3) is 0.467. The fourth-order valence-corrected chi connectivity index (χ4v) is 7.14. The van der Waals surface area contributed by atoms with Gasteiger partial charge in [-0.25, -0.2) is 0 Å². The van der Waals surface area contributed by atoms with Gasteiger partial charge in [-0.3, -0.25) is 9.59 Å². The molecule has 0 saturated carbocycles. The van der Waals surface area contributed by atoms with Crippen molar-refractivity contribution in [3.8, 4) is 11.8 Å². The number of fused-ring (bicyclic) bond motifs is 2. The number of rotatable bonds is 15. The van der Waals surface area contributed by atoms with Crippen LogP contribution < -0.4 is 10.2 Å². The highest BCUT2D eigenvalue weighted by molar-refractivity contribution is 6.60. The van der Waals surface area contributed by atoms with Crippen LogP contribution in [-0.4, -0.2) is 47.0 Å². The lowest BCUT2D eigenvalue weighted by molar-refractivity contribution is -0.122. The summed E-state index contributed by atoms with van der Waals surface area (Å²) in [6.07, 6.45) is 2.80. The van der Waals surface area contributed by atoms with Crippen LogP contribution in [0, 0.1) is 11.8 Å². The van der Waals surface area contributed by atoms with Gasteiger partial charge in [0, 0.05) is 56.4 Å². The summed E-state index contributed by atoms with van der Waals surface area (Å²) in [5, 5.41) is 2.98. The molecule has 0 atom stereocenters. The first-order valence-electron chi connectivity index (χ1n) is 13.7. The molecule has 0 aromatic heterocycles. The van der Waals surface area contributed by atoms with Crippen LogP contribution in [0.4, 0.5) is 5.69 Å². The summed E-state index contributed by atoms with van der Waals surface area (Å²) in [7, 11) is -2.68. The fourth-order valence-electron chi connectivity index (χ4n) is 4.53. The molecule has 0 spiro atoms. The Morgan fingerprint density at radius 3 is 2.16 bits per heavy atom. The number of hydrogen-bond acceptors (Lipinski definition) is 5. The zero-order valence-electron chi connectivity index (χ0n) is 22.9. The number of para-hydroxylation sites is 1. The zero-order valence-corrected chi connectivity index (χ0v) is 23.9. The smallest absolute Gasteiger partial charge is 0.374 e. The highest BCUT2D eigenvalue weighted by atomic mass is 28.4. The number of anilines is 1. The first-order chi connectivity index (χ1) is 18.5. The van der Waals surface area contributed by atoms with Crippen molar-refractivity contribution in [3.05, 3.63) is 65.2 Å². The monoisotopic (exact) mass is 536 g/mol. The van der Waals surface area contributed by atoms with E-state index < -0.39 is 8.80 Å². The summed E-state index contributed by atoms with van der Waals surface area (Å²) in [6.45, 7) is 8.47. The Labute approximate surface area is 228 Å². The summed E-state index contributed by atoms with van der Waals surface area (Å²) in [4.78, 5) is 27.5. The van der Waals surface area contributed by atoms with Crippen LogP contribution in [0.1, 0.15) is 69.6 Å². The Bertz CT molecular complexity index is 1110. The summed E-state index contributed by atoms with van der Waals surface area (Å²) >= 11 is 0. The molecule has 8 heteroatoms. The predicted octanol–water partition coefficient (Wildman–Crippen LogP) is 5.05. The lowest BCUT2D eigenvalue weighted by Crippen LogP contribution is -2.46. The van der Waals surface area contributed by atoms with Gasteiger partial charge in [0.25, 0.3) is 0 Å². The van der Waals surface area contributed by atoms with E-state index in [0.29, 0.717) is 64.6 Å². The minimum absolute atomic E-state index is 0.00486. The van der Waals surface area contributed by atoms with Crippen molar-refractivity contribution in [2.75, 3.05) is 31.3 Å². The van der Waals surface area contributed by atoms with Crippen LogP contribution in [0.3, 0.4) is 0 Å². The Balaban J connectivity index is 1.45. The maximum atomic E-state index is 13.3. The number of nitrogens with one attached hydrogen (secondary N) is 1. The van der Waals surface area contributed by atoms with Crippen molar-refractivity contribution < 1.29 is 22.9 Å². The van der Waals surface area contributed by atoms with Gasteiger partial charge in [0.1, 0.15) is 0 Å². The summed E-state index contributed by atoms with van der Waals surface area (Å²) < 4.78 is 17.6. The largest absolute Gasteiger partial charge is 0.500 e. The van der Waals surface area contributed by atoms with E-state index in [1.54, 1.807) is 0 Å². The molecule has 2 amide bonds. The number of unbranched alkanes of at least 4 members (excludes halogenated alkanes) is 1. The molecular formula is C30H40N2O5Si. The van der Waals surface area contributed by atoms with E-state index in [9.17, 15) is 9.59 Å². The second-order valence-corrected chi connectivity index (χ2v) is 11.8. The maximum absolute atomic E-state index is 13.3. The lowest BCUT2D eigenvalue weighted by atomic mass is 10.0. The number of amides is 2. The van der Waals surface area contributed by atoms with Crippen LogP contribution in [-0.2, 0) is 29.4 Å². The Kier molecular flexibility index (Phi) is 12.0. The Morgan fingerprint density at radius 1 is 0.842 bits per heavy atom. The quantitative estimate of drug-likeness (QED) is 0.196. The third kappa shape index (κ3) is 8.53. The zero-order chi connectivity index (χ0) is 27.2. The van der Waals surface area contributed by atoms with Crippen LogP contribution >= 0.6 is 0 Å². The molecule has 204 valence electrons. The van der Waals surface area contributed by atoms with E-state index >= 15 is 0 Å². The molecule has 0 saturated heterocycles. The second kappa shape index (κ2) is 15.4. The topological polar surface area (TPSA) is 77.1 Å². The van der Waals surface area contributed by atoms with Gasteiger partial charge in [-0.05, 0) is 63.8 Å². The third-order valence-electron chi connectivity index (χ3n) is 6.29. The van der Waals surface area contributed by atoms with E-state index in [4.69, 9.17) is 13.3 Å². The number of carbonyl (C=O) groups is 2. The molecule has 0 fully saturated rings. The van der Waals surface area contributed by atoms with E-state index in [-0.39, 0.29) is 11.8 Å². The van der Waals surface area contributed by atoms with Crippen molar-refractivity contribution in [1.82, 2.24) is 5.32 Å². The Morgan fingerprint density at radius 2 is 1.45 bits per heavy atom. The standard InChI is InChI=1S/C30H40N2O5Si/c1-4-35-38(36-5-2,37-6-3)23-13-22-31-29(33)18-11-12-19-30(34)32-24-27-16-8-7-14-25(27)20-21-26-15-9-10-17-28(26)32/h7-10,14-17H,4-6,11-13,18-19,22-24H2,1-3H3,(H,31,33). The van der Waals surface area contributed by atoms with Crippen molar-refractivity contribution >= 4 is 26.3 Å². The van der Waals surface area contributed by atoms with Crippen molar-refractivity contribution in [2.24, 2.45) is 0 Å². The molecule has 1 aliphatic heterocycles. The summed E-state index contributed by atoms with van der Waals surface area (Å²) in [5.41, 5.74) is 3.66. The molecule has 1 N–H and O–H groups in total. The minimum Gasteiger partial charge on any atom is -0.374 e. The number of hydrogen-bond donors (Lipinski definition) is 1. The first-order valence-corrected chi connectivity index (χ1v) is 15.6. The highest BCUT2D eigenvalue weighted by Crippen LogP contribution is 2.26. The molecule has 38 heavy (non-hydrogen) atoms. The van der Waals surface area contributed by atoms with E-state index in [0.717, 1.165) is 28.8 Å². The average molecular weight is 537 g/mol. The van der Waals surface area contributed by atoms with E-state index in [2.05, 4.69) is 17.2 Å². The molecule has 3 rings (SSSR count). The normalized spacial score (nSPS) is 12.4. The van der Waals surface area contributed by atoms with Crippen molar-refractivity contribution in [1.29, 1.82) is 0 Å². The Hall–Kier alpha value is -2.96. The average Bonchev–Trinajstić information content (AvgIpc) is 2.91. The molecule has 1 aliphatic rings. The molecule has 0 radical (unpaired) electrons. The first kappa shape index (κ1) is 29.6. The predicted molar refractivity (Wildman–Crippen MR) is 152 cm³/mol. The molecule has 1 heterocycles. The van der Waals surface area contributed by atoms with Gasteiger partial charge >= 0.3 is 8.80 Å². The van der Waals surface area contributed by atoms with E-state index in [1.165, 1.54) is 0 Å². The summed E-state index contributed by atoms with van der Waals surface area (Å²) in [5.74, 6) is 6.50. The minimum atomic E-state index is -2.68. The molecule has 7 nitrogen and oxygen atoms in total. The molecule has 2 aromatic carbocycles. The van der Waals surface area contributed by atoms with Gasteiger partial charge < -0.3 is 23.5 Å². The van der Waals surface area contributed by atoms with Gasteiger partial charge in [0.05, 0.1) is 12.2 Å². The number of nitrogens with zero attached hydrogens (tertiary/aromatic N) is 1. The van der Waals surface area contributed by atoms with Crippen molar-refractivity contribution in [2.45, 2.75) is 65.5 Å². The van der Waals surface area contributed by atoms with Crippen LogP contribution in [0.2, 0.25) is 6.04 Å². The second-order valence-electron chi connectivity index (χ2n) is 9.05. The SMILES string of the molecule is CCO[Si](CCCNC(=O)CCCCC(=O)N1Cc2ccccc2C#Cc2ccccc21)(OCC)OCC. The lowest BCUT2D eigenvalue weighted by Gasteiger charge is -2.28. The number of benzene rings is 2. The molecular weight excluding hydrogens is 496 g/mol. The van der Waals surface area contributed by atoms with Gasteiger partial charge in [0.2, 0.25) is 11.8 Å². The van der Waals surface area contributed by atoms with Crippen molar-refractivity contribution in [3.63, 3.8) is 0 Å². The van der Waals surface area contributed by atoms with E-state index in [1.807, 2.05) is 74.2 Å². The van der Waals surface area contributed by atoms with Crippen LogP contribution in [0.25, 0.3) is 0 Å². The van der Waals surface area contributed by atoms with Crippen LogP contribution in [0.5, 0.6) is 0 Å². The van der Waals surface area contributed by atoms with Crippen LogP contribution in [0.15, 0.2) is 48.5 Å². The summed E-state index contributed by atoms with van der Waals surface area (Å²) in [6, 6.07) is 16.4. The van der Waals surface area contributed by atoms with Gasteiger partial charge in [-0.15, -0.1) is 0 Å². The number of carbonyl (C=O) groups excluding carboxylic acids is 2. The molecule has 0 aliphatic carbocycles. The molecule has 0 unspecified atom stereocenters. The highest BCUT2D eigenvalue weighted by Gasteiger charge is 2.39. The van der Waals surface area contributed by atoms with Gasteiger partial charge in [-0.1, -0.05) is 42.2 Å². The molecule has 2 aromatic rings. The third-order valence-corrected chi connectivity index (χ3v) is 9.44. The molecule has 0 bridgehead atoms.